The summed E-state index contributed by atoms with van der Waals surface area (Å²) in [5.41, 5.74) is 2.82. The van der Waals surface area contributed by atoms with Crippen LogP contribution in [0.3, 0.4) is 0 Å². The molecule has 17 heavy (non-hydrogen) atoms. The van der Waals surface area contributed by atoms with Gasteiger partial charge in [-0.3, -0.25) is 0 Å². The van der Waals surface area contributed by atoms with Gasteiger partial charge in [0, 0.05) is 6.54 Å². The van der Waals surface area contributed by atoms with E-state index >= 15 is 0 Å². The minimum absolute atomic E-state index is 0.691. The van der Waals surface area contributed by atoms with E-state index in [-0.39, 0.29) is 0 Å². The average Bonchev–Trinajstić information content (AvgIpc) is 2.79. The normalized spacial score (nSPS) is 10.3. The number of ether oxygens (including phenoxy) is 1. The number of methoxy groups -OCH3 is 1. The van der Waals surface area contributed by atoms with E-state index < -0.39 is 0 Å². The summed E-state index contributed by atoms with van der Waals surface area (Å²) in [6, 6.07) is 4.02. The number of rotatable bonds is 4. The van der Waals surface area contributed by atoms with Crippen molar-refractivity contribution >= 4 is 48.3 Å². The molecule has 2 aromatic rings. The Morgan fingerprint density at radius 2 is 2.06 bits per heavy atom. The number of hydrogen-bond acceptors (Lipinski definition) is 5. The van der Waals surface area contributed by atoms with E-state index in [0.717, 1.165) is 25.4 Å². The predicted octanol–water partition coefficient (Wildman–Crippen LogP) is 3.68. The number of anilines is 1. The summed E-state index contributed by atoms with van der Waals surface area (Å²) in [5.74, 6) is 0.796. The van der Waals surface area contributed by atoms with Crippen LogP contribution in [0.15, 0.2) is 26.6 Å². The summed E-state index contributed by atoms with van der Waals surface area (Å²) >= 11 is 8.41. The van der Waals surface area contributed by atoms with E-state index in [0.29, 0.717) is 6.54 Å². The van der Waals surface area contributed by atoms with E-state index in [1.54, 1.807) is 12.6 Å². The van der Waals surface area contributed by atoms with Gasteiger partial charge < -0.3 is 10.1 Å². The van der Waals surface area contributed by atoms with Crippen molar-refractivity contribution in [1.82, 2.24) is 10.2 Å². The molecule has 7 heteroatoms. The van der Waals surface area contributed by atoms with Gasteiger partial charge in [0.25, 0.3) is 0 Å². The number of benzene rings is 1. The number of hydrogen-bond donors (Lipinski definition) is 1. The summed E-state index contributed by atoms with van der Waals surface area (Å²) in [6.45, 7) is 0.691. The lowest BCUT2D eigenvalue weighted by atomic mass is 10.2. The van der Waals surface area contributed by atoms with Crippen LogP contribution in [0, 0.1) is 0 Å². The van der Waals surface area contributed by atoms with E-state index in [4.69, 9.17) is 4.74 Å². The SMILES string of the molecule is COc1c(Br)cc(CNc2nncs2)cc1Br. The number of halogens is 2. The Labute approximate surface area is 120 Å². The van der Waals surface area contributed by atoms with Gasteiger partial charge in [-0.05, 0) is 49.6 Å². The average molecular weight is 379 g/mol. The predicted molar refractivity (Wildman–Crippen MR) is 75.6 cm³/mol. The fraction of sp³-hybridized carbons (Fsp3) is 0.200. The highest BCUT2D eigenvalue weighted by molar-refractivity contribution is 9.11. The number of aromatic nitrogens is 2. The first-order valence-corrected chi connectivity index (χ1v) is 7.19. The highest BCUT2D eigenvalue weighted by atomic mass is 79.9. The standard InChI is InChI=1S/C10H9Br2N3OS/c1-16-9-7(11)2-6(3-8(9)12)4-13-10-15-14-5-17-10/h2-3,5H,4H2,1H3,(H,13,15). The largest absolute Gasteiger partial charge is 0.494 e. The van der Waals surface area contributed by atoms with Gasteiger partial charge in [0.1, 0.15) is 11.3 Å². The molecule has 0 aliphatic carbocycles. The molecule has 2 rings (SSSR count). The van der Waals surface area contributed by atoms with Gasteiger partial charge >= 0.3 is 0 Å². The highest BCUT2D eigenvalue weighted by Gasteiger charge is 2.07. The minimum atomic E-state index is 0.691. The monoisotopic (exact) mass is 377 g/mol. The Morgan fingerprint density at radius 3 is 2.59 bits per heavy atom. The molecule has 0 saturated carbocycles. The summed E-state index contributed by atoms with van der Waals surface area (Å²) in [7, 11) is 1.64. The van der Waals surface area contributed by atoms with E-state index in [2.05, 4.69) is 47.4 Å². The Bertz CT molecular complexity index is 481. The molecule has 0 atom stereocenters. The smallest absolute Gasteiger partial charge is 0.205 e. The zero-order valence-electron chi connectivity index (χ0n) is 8.91. The highest BCUT2D eigenvalue weighted by Crippen LogP contribution is 2.34. The van der Waals surface area contributed by atoms with Crippen molar-refractivity contribution in [1.29, 1.82) is 0 Å². The third-order valence-electron chi connectivity index (χ3n) is 2.07. The second-order valence-electron chi connectivity index (χ2n) is 3.19. The van der Waals surface area contributed by atoms with Crippen LogP contribution in [0.4, 0.5) is 5.13 Å². The second-order valence-corrected chi connectivity index (χ2v) is 5.73. The van der Waals surface area contributed by atoms with Crippen molar-refractivity contribution < 1.29 is 4.74 Å². The van der Waals surface area contributed by atoms with Crippen LogP contribution >= 0.6 is 43.2 Å². The molecular formula is C10H9Br2N3OS. The van der Waals surface area contributed by atoms with Crippen molar-refractivity contribution in [2.24, 2.45) is 0 Å². The Hall–Kier alpha value is -0.660. The molecule has 90 valence electrons. The molecule has 1 aromatic heterocycles. The van der Waals surface area contributed by atoms with Crippen LogP contribution in [0.1, 0.15) is 5.56 Å². The van der Waals surface area contributed by atoms with E-state index in [1.165, 1.54) is 11.3 Å². The number of nitrogens with one attached hydrogen (secondary N) is 1. The van der Waals surface area contributed by atoms with Crippen molar-refractivity contribution in [3.63, 3.8) is 0 Å². The molecule has 0 spiro atoms. The van der Waals surface area contributed by atoms with Gasteiger partial charge in [-0.15, -0.1) is 10.2 Å². The van der Waals surface area contributed by atoms with Crippen LogP contribution in [0.25, 0.3) is 0 Å². The molecule has 1 N–H and O–H groups in total. The first-order chi connectivity index (χ1) is 8.20. The third-order valence-corrected chi connectivity index (χ3v) is 3.89. The topological polar surface area (TPSA) is 47.0 Å². The van der Waals surface area contributed by atoms with Crippen molar-refractivity contribution in [3.8, 4) is 5.75 Å². The molecule has 1 heterocycles. The van der Waals surface area contributed by atoms with Crippen molar-refractivity contribution in [3.05, 3.63) is 32.2 Å². The Balaban J connectivity index is 2.12. The van der Waals surface area contributed by atoms with Crippen LogP contribution in [-0.2, 0) is 6.54 Å². The van der Waals surface area contributed by atoms with Gasteiger partial charge in [-0.1, -0.05) is 11.3 Å². The maximum Gasteiger partial charge on any atom is 0.205 e. The molecule has 0 saturated heterocycles. The summed E-state index contributed by atoms with van der Waals surface area (Å²) in [4.78, 5) is 0. The maximum absolute atomic E-state index is 5.25. The molecule has 0 aliphatic heterocycles. The second kappa shape index (κ2) is 5.79. The van der Waals surface area contributed by atoms with Gasteiger partial charge in [0.15, 0.2) is 0 Å². The molecule has 0 aliphatic rings. The van der Waals surface area contributed by atoms with E-state index in [9.17, 15) is 0 Å². The molecule has 1 aromatic carbocycles. The molecule has 0 bridgehead atoms. The van der Waals surface area contributed by atoms with Crippen LogP contribution in [0.5, 0.6) is 5.75 Å². The molecule has 0 radical (unpaired) electrons. The Morgan fingerprint density at radius 1 is 1.35 bits per heavy atom. The van der Waals surface area contributed by atoms with Crippen molar-refractivity contribution in [2.45, 2.75) is 6.54 Å². The molecule has 0 amide bonds. The van der Waals surface area contributed by atoms with Gasteiger partial charge in [-0.25, -0.2) is 0 Å². The zero-order valence-corrected chi connectivity index (χ0v) is 12.9. The number of nitrogens with zero attached hydrogens (tertiary/aromatic N) is 2. The zero-order chi connectivity index (χ0) is 12.3. The molecular weight excluding hydrogens is 370 g/mol. The lowest BCUT2D eigenvalue weighted by Gasteiger charge is -2.09. The van der Waals surface area contributed by atoms with Crippen LogP contribution < -0.4 is 10.1 Å². The first kappa shape index (κ1) is 12.8. The van der Waals surface area contributed by atoms with E-state index in [1.807, 2.05) is 12.1 Å². The first-order valence-electron chi connectivity index (χ1n) is 4.72. The van der Waals surface area contributed by atoms with Crippen molar-refractivity contribution in [2.75, 3.05) is 12.4 Å². The van der Waals surface area contributed by atoms with Crippen LogP contribution in [-0.4, -0.2) is 17.3 Å². The Kier molecular flexibility index (Phi) is 4.36. The fourth-order valence-corrected chi connectivity index (χ4v) is 3.39. The molecule has 0 fully saturated rings. The maximum atomic E-state index is 5.25. The van der Waals surface area contributed by atoms with Gasteiger partial charge in [-0.2, -0.15) is 0 Å². The lowest BCUT2D eigenvalue weighted by Crippen LogP contribution is -2.00. The molecule has 4 nitrogen and oxygen atoms in total. The fourth-order valence-electron chi connectivity index (χ4n) is 1.34. The quantitative estimate of drug-likeness (QED) is 0.881. The summed E-state index contributed by atoms with van der Waals surface area (Å²) in [6.07, 6.45) is 0. The summed E-state index contributed by atoms with van der Waals surface area (Å²) in [5, 5.41) is 11.7. The third kappa shape index (κ3) is 3.17. The molecule has 0 unspecified atom stereocenters. The lowest BCUT2D eigenvalue weighted by molar-refractivity contribution is 0.409. The van der Waals surface area contributed by atoms with Crippen LogP contribution in [0.2, 0.25) is 0 Å². The van der Waals surface area contributed by atoms with Gasteiger partial charge in [0.2, 0.25) is 5.13 Å². The van der Waals surface area contributed by atoms with Gasteiger partial charge in [0.05, 0.1) is 16.1 Å². The summed E-state index contributed by atoms with van der Waals surface area (Å²) < 4.78 is 7.09. The minimum Gasteiger partial charge on any atom is -0.494 e.